The van der Waals surface area contributed by atoms with E-state index in [2.05, 4.69) is 5.32 Å². The number of para-hydroxylation sites is 1. The molecule has 1 aromatic rings. The minimum absolute atomic E-state index is 0.568. The summed E-state index contributed by atoms with van der Waals surface area (Å²) in [4.78, 5) is 11.1. The van der Waals surface area contributed by atoms with Gasteiger partial charge in [0.1, 0.15) is 0 Å². The molecule has 0 aliphatic carbocycles. The van der Waals surface area contributed by atoms with Crippen molar-refractivity contribution in [3.05, 3.63) is 30.3 Å². The van der Waals surface area contributed by atoms with E-state index in [1.165, 1.54) is 0 Å². The number of hydrogen-bond donors (Lipinski definition) is 4. The third-order valence-electron chi connectivity index (χ3n) is 1.31. The Balaban J connectivity index is 2.55. The summed E-state index contributed by atoms with van der Waals surface area (Å²) in [6, 6.07) is 7.97. The molecule has 1 aromatic carbocycles. The first-order valence-electron chi connectivity index (χ1n) is 3.79. The lowest BCUT2D eigenvalue weighted by molar-refractivity contribution is 0.256. The summed E-state index contributed by atoms with van der Waals surface area (Å²) in [6.07, 6.45) is 0. The van der Waals surface area contributed by atoms with Gasteiger partial charge < -0.3 is 5.32 Å². The number of carbonyl (C=O) groups excluding carboxylic acids is 1. The van der Waals surface area contributed by atoms with Crippen molar-refractivity contribution in [2.75, 3.05) is 5.32 Å². The van der Waals surface area contributed by atoms with Crippen LogP contribution in [0.4, 0.5) is 10.5 Å². The average Bonchev–Trinajstić information content (AvgIpc) is 2.02. The second-order valence-electron chi connectivity index (χ2n) is 2.64. The summed E-state index contributed by atoms with van der Waals surface area (Å²) in [5.74, 6) is 0. The van der Waals surface area contributed by atoms with E-state index in [-0.39, 0.29) is 0 Å². The molecule has 0 radical (unpaired) electrons. The van der Waals surface area contributed by atoms with E-state index in [1.807, 2.05) is 5.09 Å². The van der Waals surface area contributed by atoms with E-state index in [4.69, 9.17) is 11.0 Å². The Labute approximate surface area is 81.2 Å². The van der Waals surface area contributed by atoms with Crippen molar-refractivity contribution in [3.8, 4) is 0 Å². The minimum atomic E-state index is -3.52. The van der Waals surface area contributed by atoms with Gasteiger partial charge in [-0.3, -0.25) is 20.7 Å². The highest BCUT2D eigenvalue weighted by Crippen LogP contribution is 2.17. The van der Waals surface area contributed by atoms with Crippen molar-refractivity contribution in [1.29, 1.82) is 0 Å². The van der Waals surface area contributed by atoms with Crippen LogP contribution in [0.25, 0.3) is 0 Å². The van der Waals surface area contributed by atoms with Crippen LogP contribution in [0.5, 0.6) is 0 Å². The van der Waals surface area contributed by atoms with Gasteiger partial charge >= 0.3 is 13.6 Å². The van der Waals surface area contributed by atoms with E-state index in [0.717, 1.165) is 0 Å². The molecule has 0 fully saturated rings. The zero-order chi connectivity index (χ0) is 10.6. The third-order valence-corrected chi connectivity index (χ3v) is 1.86. The lowest BCUT2D eigenvalue weighted by Crippen LogP contribution is -2.32. The number of benzene rings is 1. The van der Waals surface area contributed by atoms with Gasteiger partial charge in [0.15, 0.2) is 0 Å². The molecule has 0 atom stereocenters. The van der Waals surface area contributed by atoms with Gasteiger partial charge in [0.05, 0.1) is 0 Å². The molecule has 7 heteroatoms. The summed E-state index contributed by atoms with van der Waals surface area (Å²) in [7, 11) is -3.52. The third kappa shape index (κ3) is 4.04. The molecule has 0 bridgehead atoms. The van der Waals surface area contributed by atoms with Crippen LogP contribution in [0.2, 0.25) is 0 Å². The number of urea groups is 1. The first-order chi connectivity index (χ1) is 6.47. The van der Waals surface area contributed by atoms with E-state index in [0.29, 0.717) is 5.69 Å². The molecular weight excluding hydrogens is 203 g/mol. The van der Waals surface area contributed by atoms with E-state index < -0.39 is 13.6 Å². The highest BCUT2D eigenvalue weighted by atomic mass is 31.2. The molecule has 0 aliphatic heterocycles. The summed E-state index contributed by atoms with van der Waals surface area (Å²) in [5.41, 5.74) is 10.5. The molecule has 2 amide bonds. The summed E-state index contributed by atoms with van der Waals surface area (Å²) >= 11 is 0. The Hall–Kier alpha value is -1.36. The number of amides is 2. The van der Waals surface area contributed by atoms with E-state index in [9.17, 15) is 9.36 Å². The monoisotopic (exact) mass is 214 g/mol. The van der Waals surface area contributed by atoms with Crippen LogP contribution >= 0.6 is 7.59 Å². The summed E-state index contributed by atoms with van der Waals surface area (Å²) in [6.45, 7) is 0. The van der Waals surface area contributed by atoms with E-state index in [1.54, 1.807) is 30.3 Å². The zero-order valence-electron chi connectivity index (χ0n) is 7.31. The van der Waals surface area contributed by atoms with Crippen molar-refractivity contribution in [1.82, 2.24) is 5.09 Å². The van der Waals surface area contributed by atoms with Gasteiger partial charge in [0.25, 0.3) is 0 Å². The fraction of sp³-hybridized carbons (Fsp3) is 0. The number of anilines is 1. The van der Waals surface area contributed by atoms with Gasteiger partial charge in [0.2, 0.25) is 0 Å². The topological polar surface area (TPSA) is 110 Å². The molecular formula is C7H11N4O2P. The van der Waals surface area contributed by atoms with Crippen LogP contribution in [0.15, 0.2) is 30.3 Å². The van der Waals surface area contributed by atoms with Crippen LogP contribution in [0, 0.1) is 0 Å². The smallest absolute Gasteiger partial charge is 0.308 e. The highest BCUT2D eigenvalue weighted by Gasteiger charge is 2.11. The molecule has 6 N–H and O–H groups in total. The Kier molecular flexibility index (Phi) is 3.24. The minimum Gasteiger partial charge on any atom is -0.308 e. The highest BCUT2D eigenvalue weighted by molar-refractivity contribution is 7.57. The predicted molar refractivity (Wildman–Crippen MR) is 54.6 cm³/mol. The van der Waals surface area contributed by atoms with Crippen LogP contribution < -0.4 is 21.4 Å². The fourth-order valence-corrected chi connectivity index (χ4v) is 1.21. The van der Waals surface area contributed by atoms with Crippen molar-refractivity contribution in [2.45, 2.75) is 0 Å². The number of rotatable bonds is 2. The van der Waals surface area contributed by atoms with Crippen molar-refractivity contribution in [2.24, 2.45) is 11.0 Å². The molecule has 0 saturated heterocycles. The van der Waals surface area contributed by atoms with Gasteiger partial charge in [-0.15, -0.1) is 0 Å². The maximum atomic E-state index is 11.1. The lowest BCUT2D eigenvalue weighted by atomic mass is 10.3. The van der Waals surface area contributed by atoms with Crippen molar-refractivity contribution >= 4 is 19.3 Å². The number of nitrogens with one attached hydrogen (secondary N) is 2. The maximum Gasteiger partial charge on any atom is 0.326 e. The van der Waals surface area contributed by atoms with Gasteiger partial charge in [-0.05, 0) is 12.1 Å². The number of hydrogen-bond acceptors (Lipinski definition) is 2. The number of carbonyl (C=O) groups is 1. The molecule has 0 aromatic heterocycles. The quantitative estimate of drug-likeness (QED) is 0.546. The molecule has 0 heterocycles. The zero-order valence-corrected chi connectivity index (χ0v) is 8.20. The van der Waals surface area contributed by atoms with E-state index >= 15 is 0 Å². The van der Waals surface area contributed by atoms with Gasteiger partial charge in [-0.2, -0.15) is 0 Å². The Bertz CT molecular complexity index is 361. The van der Waals surface area contributed by atoms with Gasteiger partial charge in [-0.25, -0.2) is 4.79 Å². The second-order valence-corrected chi connectivity index (χ2v) is 4.28. The Morgan fingerprint density at radius 3 is 2.29 bits per heavy atom. The van der Waals surface area contributed by atoms with Crippen LogP contribution in [0.3, 0.4) is 0 Å². The summed E-state index contributed by atoms with van der Waals surface area (Å²) < 4.78 is 10.8. The Morgan fingerprint density at radius 2 is 1.79 bits per heavy atom. The molecule has 76 valence electrons. The van der Waals surface area contributed by atoms with Crippen molar-refractivity contribution in [3.63, 3.8) is 0 Å². The average molecular weight is 214 g/mol. The molecule has 0 unspecified atom stereocenters. The maximum absolute atomic E-state index is 11.1. The largest absolute Gasteiger partial charge is 0.326 e. The SMILES string of the molecule is NP(N)(=O)NC(=O)Nc1ccccc1. The molecule has 0 saturated carbocycles. The Morgan fingerprint density at radius 1 is 1.21 bits per heavy atom. The van der Waals surface area contributed by atoms with Gasteiger partial charge in [0, 0.05) is 5.69 Å². The molecule has 0 spiro atoms. The predicted octanol–water partition coefficient (Wildman–Crippen LogP) is 0.834. The van der Waals surface area contributed by atoms with Crippen molar-refractivity contribution < 1.29 is 9.36 Å². The number of nitrogens with two attached hydrogens (primary N) is 2. The van der Waals surface area contributed by atoms with Gasteiger partial charge in [-0.1, -0.05) is 18.2 Å². The van der Waals surface area contributed by atoms with Crippen LogP contribution in [0.1, 0.15) is 0 Å². The first-order valence-corrected chi connectivity index (χ1v) is 5.63. The second kappa shape index (κ2) is 4.23. The standard InChI is InChI=1S/C7H11N4O2P/c8-14(9,13)11-7(12)10-6-4-2-1-3-5-6/h1-5H,(H6,8,9,10,11,12,13). The fourth-order valence-electron chi connectivity index (χ4n) is 0.839. The molecule has 6 nitrogen and oxygen atoms in total. The normalized spacial score (nSPS) is 10.7. The first kappa shape index (κ1) is 10.7. The lowest BCUT2D eigenvalue weighted by Gasteiger charge is -2.09. The molecule has 14 heavy (non-hydrogen) atoms. The molecule has 1 rings (SSSR count). The van der Waals surface area contributed by atoms with Crippen LogP contribution in [-0.2, 0) is 4.57 Å². The summed E-state index contributed by atoms with van der Waals surface area (Å²) in [5, 5.41) is 4.34. The van der Waals surface area contributed by atoms with Crippen LogP contribution in [-0.4, -0.2) is 6.03 Å². The molecule has 0 aliphatic rings.